The molecule has 0 unspecified atom stereocenters. The van der Waals surface area contributed by atoms with Crippen LogP contribution in [0.3, 0.4) is 0 Å². The Morgan fingerprint density at radius 2 is 1.77 bits per heavy atom. The molecule has 26 heavy (non-hydrogen) atoms. The highest BCUT2D eigenvalue weighted by Gasteiger charge is 2.17. The summed E-state index contributed by atoms with van der Waals surface area (Å²) in [5.74, 6) is 1.69. The summed E-state index contributed by atoms with van der Waals surface area (Å²) in [6.07, 6.45) is 2.75. The Morgan fingerprint density at radius 3 is 2.38 bits per heavy atom. The second kappa shape index (κ2) is 8.48. The highest BCUT2D eigenvalue weighted by Crippen LogP contribution is 2.15. The van der Waals surface area contributed by atoms with Gasteiger partial charge in [-0.2, -0.15) is 0 Å². The van der Waals surface area contributed by atoms with Crippen molar-refractivity contribution < 1.29 is 13.2 Å². The number of sulfonamides is 1. The number of aromatic nitrogens is 1. The number of ether oxygens (including phenoxy) is 1. The number of primary sulfonamides is 1. The third-order valence-corrected chi connectivity index (χ3v) is 5.31. The Bertz CT molecular complexity index is 789. The standard InChI is InChI=1S/C18H24N4O3S/c19-26(23,24)17-7-5-16(6-8-17)25-15-3-10-21-11-13-22(14-12-21)18-4-1-2-9-20-18/h1-2,4-9H,3,10-15H2,(H2,19,23,24). The molecule has 1 aromatic carbocycles. The highest BCUT2D eigenvalue weighted by atomic mass is 32.2. The van der Waals surface area contributed by atoms with Gasteiger partial charge in [0.1, 0.15) is 11.6 Å². The van der Waals surface area contributed by atoms with Crippen LogP contribution in [-0.4, -0.2) is 57.6 Å². The third-order valence-electron chi connectivity index (χ3n) is 4.39. The number of pyridine rings is 1. The van der Waals surface area contributed by atoms with Crippen molar-refractivity contribution in [2.24, 2.45) is 5.14 Å². The lowest BCUT2D eigenvalue weighted by Crippen LogP contribution is -2.47. The van der Waals surface area contributed by atoms with E-state index < -0.39 is 10.0 Å². The molecule has 1 aliphatic rings. The van der Waals surface area contributed by atoms with Crippen molar-refractivity contribution in [1.82, 2.24) is 9.88 Å². The van der Waals surface area contributed by atoms with E-state index >= 15 is 0 Å². The molecule has 1 aromatic heterocycles. The monoisotopic (exact) mass is 376 g/mol. The predicted molar refractivity (Wildman–Crippen MR) is 101 cm³/mol. The first-order valence-corrected chi connectivity index (χ1v) is 10.2. The number of hydrogen-bond donors (Lipinski definition) is 1. The lowest BCUT2D eigenvalue weighted by atomic mass is 10.3. The van der Waals surface area contributed by atoms with Gasteiger partial charge in [0.15, 0.2) is 0 Å². The molecule has 0 aliphatic carbocycles. The quantitative estimate of drug-likeness (QED) is 0.733. The molecule has 2 heterocycles. The summed E-state index contributed by atoms with van der Waals surface area (Å²) in [7, 11) is -3.65. The Kier molecular flexibility index (Phi) is 6.08. The topological polar surface area (TPSA) is 88.8 Å². The molecule has 1 saturated heterocycles. The molecule has 7 nitrogen and oxygen atoms in total. The van der Waals surface area contributed by atoms with E-state index in [2.05, 4.69) is 14.8 Å². The summed E-state index contributed by atoms with van der Waals surface area (Å²) in [4.78, 5) is 9.22. The molecule has 3 rings (SSSR count). The molecule has 140 valence electrons. The largest absolute Gasteiger partial charge is 0.494 e. The number of benzene rings is 1. The number of rotatable bonds is 7. The van der Waals surface area contributed by atoms with Gasteiger partial charge in [0.05, 0.1) is 11.5 Å². The minimum Gasteiger partial charge on any atom is -0.494 e. The molecule has 0 radical (unpaired) electrons. The molecule has 2 aromatic rings. The van der Waals surface area contributed by atoms with Crippen LogP contribution in [0.5, 0.6) is 5.75 Å². The van der Waals surface area contributed by atoms with Crippen LogP contribution < -0.4 is 14.8 Å². The normalized spacial score (nSPS) is 15.8. The molecular formula is C18H24N4O3S. The van der Waals surface area contributed by atoms with Crippen LogP contribution in [0.15, 0.2) is 53.6 Å². The van der Waals surface area contributed by atoms with Crippen LogP contribution in [0.1, 0.15) is 6.42 Å². The van der Waals surface area contributed by atoms with Gasteiger partial charge in [0, 0.05) is 38.9 Å². The van der Waals surface area contributed by atoms with Gasteiger partial charge in [-0.1, -0.05) is 6.07 Å². The molecule has 2 N–H and O–H groups in total. The summed E-state index contributed by atoms with van der Waals surface area (Å²) in [5, 5.41) is 5.08. The van der Waals surface area contributed by atoms with E-state index in [9.17, 15) is 8.42 Å². The molecule has 0 saturated carbocycles. The smallest absolute Gasteiger partial charge is 0.238 e. The van der Waals surface area contributed by atoms with Gasteiger partial charge >= 0.3 is 0 Å². The predicted octanol–water partition coefficient (Wildman–Crippen LogP) is 1.32. The second-order valence-electron chi connectivity index (χ2n) is 6.24. The van der Waals surface area contributed by atoms with Gasteiger partial charge < -0.3 is 9.64 Å². The minimum atomic E-state index is -3.65. The first kappa shape index (κ1) is 18.6. The van der Waals surface area contributed by atoms with Crippen LogP contribution in [0, 0.1) is 0 Å². The average molecular weight is 376 g/mol. The molecule has 8 heteroatoms. The Morgan fingerprint density at radius 1 is 1.04 bits per heavy atom. The van der Waals surface area contributed by atoms with Crippen molar-refractivity contribution in [3.63, 3.8) is 0 Å². The van der Waals surface area contributed by atoms with Crippen LogP contribution >= 0.6 is 0 Å². The Balaban J connectivity index is 1.36. The van der Waals surface area contributed by atoms with E-state index in [4.69, 9.17) is 9.88 Å². The summed E-state index contributed by atoms with van der Waals surface area (Å²) in [6, 6.07) is 12.2. The molecule has 1 aliphatic heterocycles. The zero-order valence-electron chi connectivity index (χ0n) is 14.6. The highest BCUT2D eigenvalue weighted by molar-refractivity contribution is 7.89. The fraction of sp³-hybridized carbons (Fsp3) is 0.389. The van der Waals surface area contributed by atoms with Crippen molar-refractivity contribution >= 4 is 15.8 Å². The fourth-order valence-electron chi connectivity index (χ4n) is 2.95. The summed E-state index contributed by atoms with van der Waals surface area (Å²) >= 11 is 0. The molecule has 0 spiro atoms. The van der Waals surface area contributed by atoms with Crippen molar-refractivity contribution in [1.29, 1.82) is 0 Å². The number of piperazine rings is 1. The Labute approximate surface area is 154 Å². The van der Waals surface area contributed by atoms with Gasteiger partial charge in [0.2, 0.25) is 10.0 Å². The van der Waals surface area contributed by atoms with Gasteiger partial charge in [0.25, 0.3) is 0 Å². The lowest BCUT2D eigenvalue weighted by molar-refractivity contribution is 0.224. The van der Waals surface area contributed by atoms with Crippen LogP contribution in [-0.2, 0) is 10.0 Å². The van der Waals surface area contributed by atoms with Crippen LogP contribution in [0.25, 0.3) is 0 Å². The van der Waals surface area contributed by atoms with Gasteiger partial charge in [-0.3, -0.25) is 4.90 Å². The third kappa shape index (κ3) is 5.17. The first-order chi connectivity index (χ1) is 12.5. The zero-order chi connectivity index (χ0) is 18.4. The van der Waals surface area contributed by atoms with Crippen molar-refractivity contribution in [2.45, 2.75) is 11.3 Å². The first-order valence-electron chi connectivity index (χ1n) is 8.66. The molecule has 1 fully saturated rings. The molecule has 0 atom stereocenters. The minimum absolute atomic E-state index is 0.0932. The number of anilines is 1. The maximum Gasteiger partial charge on any atom is 0.238 e. The number of nitrogens with two attached hydrogens (primary N) is 1. The fourth-order valence-corrected chi connectivity index (χ4v) is 3.46. The molecule has 0 amide bonds. The van der Waals surface area contributed by atoms with E-state index in [1.165, 1.54) is 12.1 Å². The summed E-state index contributed by atoms with van der Waals surface area (Å²) in [5.41, 5.74) is 0. The Hall–Kier alpha value is -2.16. The van der Waals surface area contributed by atoms with E-state index in [0.717, 1.165) is 45.0 Å². The van der Waals surface area contributed by atoms with E-state index in [1.807, 2.05) is 24.4 Å². The van der Waals surface area contributed by atoms with Gasteiger partial charge in [-0.05, 0) is 42.8 Å². The SMILES string of the molecule is NS(=O)(=O)c1ccc(OCCCN2CCN(c3ccccn3)CC2)cc1. The zero-order valence-corrected chi connectivity index (χ0v) is 15.4. The average Bonchev–Trinajstić information content (AvgIpc) is 2.66. The van der Waals surface area contributed by atoms with Gasteiger partial charge in [-0.15, -0.1) is 0 Å². The van der Waals surface area contributed by atoms with Crippen molar-refractivity contribution in [3.8, 4) is 5.75 Å². The van der Waals surface area contributed by atoms with E-state index in [0.29, 0.717) is 12.4 Å². The van der Waals surface area contributed by atoms with Gasteiger partial charge in [-0.25, -0.2) is 18.5 Å². The van der Waals surface area contributed by atoms with E-state index in [1.54, 1.807) is 12.1 Å². The number of nitrogens with zero attached hydrogens (tertiary/aromatic N) is 3. The second-order valence-corrected chi connectivity index (χ2v) is 7.80. The molecule has 0 bridgehead atoms. The van der Waals surface area contributed by atoms with Crippen molar-refractivity contribution in [2.75, 3.05) is 44.2 Å². The lowest BCUT2D eigenvalue weighted by Gasteiger charge is -2.35. The summed E-state index contributed by atoms with van der Waals surface area (Å²) < 4.78 is 28.1. The van der Waals surface area contributed by atoms with E-state index in [-0.39, 0.29) is 4.90 Å². The number of hydrogen-bond acceptors (Lipinski definition) is 6. The van der Waals surface area contributed by atoms with Crippen molar-refractivity contribution in [3.05, 3.63) is 48.7 Å². The van der Waals surface area contributed by atoms with Crippen LogP contribution in [0.4, 0.5) is 5.82 Å². The molecular weight excluding hydrogens is 352 g/mol. The van der Waals surface area contributed by atoms with Crippen LogP contribution in [0.2, 0.25) is 0 Å². The maximum absolute atomic E-state index is 11.2. The summed E-state index contributed by atoms with van der Waals surface area (Å²) in [6.45, 7) is 5.56. The maximum atomic E-state index is 11.2.